The van der Waals surface area contributed by atoms with E-state index in [2.05, 4.69) is 41.5 Å². The Labute approximate surface area is 145 Å². The maximum Gasteiger partial charge on any atom is 0.248 e. The summed E-state index contributed by atoms with van der Waals surface area (Å²) in [4.78, 5) is 11.7. The van der Waals surface area contributed by atoms with Gasteiger partial charge in [-0.25, -0.2) is 0 Å². The third kappa shape index (κ3) is 5.49. The fraction of sp³-hybridized carbons (Fsp3) is 0.632. The summed E-state index contributed by atoms with van der Waals surface area (Å²) in [6, 6.07) is 3.64. The van der Waals surface area contributed by atoms with Gasteiger partial charge in [-0.05, 0) is 23.0 Å². The summed E-state index contributed by atoms with van der Waals surface area (Å²) < 4.78 is 16.4. The number of rotatable bonds is 7. The minimum Gasteiger partial charge on any atom is -0.467 e. The molecule has 1 rings (SSSR count). The second-order valence-corrected chi connectivity index (χ2v) is 7.93. The van der Waals surface area contributed by atoms with Gasteiger partial charge >= 0.3 is 0 Å². The normalized spacial score (nSPS) is 12.3. The van der Waals surface area contributed by atoms with Crippen LogP contribution in [-0.2, 0) is 20.3 Å². The highest BCUT2D eigenvalue weighted by Crippen LogP contribution is 2.40. The van der Waals surface area contributed by atoms with Crippen LogP contribution in [0.3, 0.4) is 0 Å². The zero-order chi connectivity index (χ0) is 18.5. The first-order chi connectivity index (χ1) is 11.0. The predicted octanol–water partition coefficient (Wildman–Crippen LogP) is 3.38. The second-order valence-electron chi connectivity index (χ2n) is 7.93. The lowest BCUT2D eigenvalue weighted by Crippen LogP contribution is -2.23. The number of carbonyl (C=O) groups excluding carboxylic acids is 1. The fourth-order valence-electron chi connectivity index (χ4n) is 2.34. The van der Waals surface area contributed by atoms with Crippen LogP contribution in [0.1, 0.15) is 63.0 Å². The van der Waals surface area contributed by atoms with Crippen molar-refractivity contribution in [3.63, 3.8) is 0 Å². The van der Waals surface area contributed by atoms with E-state index in [0.717, 1.165) is 16.9 Å². The summed E-state index contributed by atoms with van der Waals surface area (Å²) in [5.41, 5.74) is 7.51. The number of nitrogens with two attached hydrogens (primary N) is 1. The summed E-state index contributed by atoms with van der Waals surface area (Å²) in [7, 11) is 1.63. The molecule has 0 atom stereocenters. The summed E-state index contributed by atoms with van der Waals surface area (Å²) >= 11 is 0. The largest absolute Gasteiger partial charge is 0.467 e. The molecule has 0 spiro atoms. The number of hydrogen-bond donors (Lipinski definition) is 1. The minimum atomic E-state index is -0.436. The Hall–Kier alpha value is -1.59. The molecule has 0 aliphatic heterocycles. The van der Waals surface area contributed by atoms with Crippen molar-refractivity contribution < 1.29 is 19.0 Å². The molecule has 0 saturated carbocycles. The van der Waals surface area contributed by atoms with Gasteiger partial charge in [0.1, 0.15) is 5.75 Å². The first-order valence-electron chi connectivity index (χ1n) is 8.16. The van der Waals surface area contributed by atoms with E-state index < -0.39 is 5.91 Å². The van der Waals surface area contributed by atoms with Crippen molar-refractivity contribution in [2.75, 3.05) is 27.1 Å². The summed E-state index contributed by atoms with van der Waals surface area (Å²) in [5, 5.41) is 0. The van der Waals surface area contributed by atoms with Gasteiger partial charge < -0.3 is 19.9 Å². The van der Waals surface area contributed by atoms with Gasteiger partial charge in [-0.1, -0.05) is 41.5 Å². The van der Waals surface area contributed by atoms with Gasteiger partial charge in [0.2, 0.25) is 5.91 Å². The quantitative estimate of drug-likeness (QED) is 0.611. The Balaban J connectivity index is 3.32. The van der Waals surface area contributed by atoms with Crippen molar-refractivity contribution in [2.24, 2.45) is 5.73 Å². The monoisotopic (exact) mass is 337 g/mol. The lowest BCUT2D eigenvalue weighted by Gasteiger charge is -2.30. The van der Waals surface area contributed by atoms with Gasteiger partial charge in [0.15, 0.2) is 6.79 Å². The number of hydrogen-bond acceptors (Lipinski definition) is 4. The van der Waals surface area contributed by atoms with E-state index in [4.69, 9.17) is 19.9 Å². The lowest BCUT2D eigenvalue weighted by atomic mass is 9.78. The SMILES string of the molecule is COCCOCOc1c(C(C)(C)C)cc(C(N)=O)cc1C(C)(C)C. The number of ether oxygens (including phenoxy) is 3. The van der Waals surface area contributed by atoms with Crippen LogP contribution in [0.4, 0.5) is 0 Å². The number of amides is 1. The van der Waals surface area contributed by atoms with Gasteiger partial charge in [-0.3, -0.25) is 4.79 Å². The van der Waals surface area contributed by atoms with Gasteiger partial charge in [0.05, 0.1) is 13.2 Å². The van der Waals surface area contributed by atoms with E-state index in [1.54, 1.807) is 7.11 Å². The van der Waals surface area contributed by atoms with E-state index in [-0.39, 0.29) is 17.6 Å². The third-order valence-electron chi connectivity index (χ3n) is 3.71. The van der Waals surface area contributed by atoms with Crippen molar-refractivity contribution in [1.82, 2.24) is 0 Å². The number of primary amides is 1. The topological polar surface area (TPSA) is 70.8 Å². The van der Waals surface area contributed by atoms with Crippen LogP contribution in [0.5, 0.6) is 5.75 Å². The van der Waals surface area contributed by atoms with Crippen LogP contribution >= 0.6 is 0 Å². The van der Waals surface area contributed by atoms with Crippen molar-refractivity contribution in [3.8, 4) is 5.75 Å². The Morgan fingerprint density at radius 2 is 1.50 bits per heavy atom. The molecule has 0 unspecified atom stereocenters. The molecule has 2 N–H and O–H groups in total. The van der Waals surface area contributed by atoms with Crippen LogP contribution in [-0.4, -0.2) is 33.0 Å². The van der Waals surface area contributed by atoms with Crippen molar-refractivity contribution in [1.29, 1.82) is 0 Å². The first-order valence-corrected chi connectivity index (χ1v) is 8.16. The number of carbonyl (C=O) groups is 1. The molecular formula is C19H31NO4. The van der Waals surface area contributed by atoms with Gasteiger partial charge in [-0.15, -0.1) is 0 Å². The van der Waals surface area contributed by atoms with Crippen LogP contribution in [0.15, 0.2) is 12.1 Å². The number of benzene rings is 1. The Morgan fingerprint density at radius 1 is 1.00 bits per heavy atom. The average molecular weight is 337 g/mol. The summed E-state index contributed by atoms with van der Waals surface area (Å²) in [5.74, 6) is 0.325. The zero-order valence-corrected chi connectivity index (χ0v) is 16.0. The van der Waals surface area contributed by atoms with E-state index in [9.17, 15) is 4.79 Å². The van der Waals surface area contributed by atoms with Gasteiger partial charge in [0, 0.05) is 23.8 Å². The smallest absolute Gasteiger partial charge is 0.248 e. The molecule has 0 radical (unpaired) electrons. The third-order valence-corrected chi connectivity index (χ3v) is 3.71. The van der Waals surface area contributed by atoms with Crippen molar-refractivity contribution in [3.05, 3.63) is 28.8 Å². The molecule has 0 aliphatic carbocycles. The molecule has 0 heterocycles. The van der Waals surface area contributed by atoms with Crippen molar-refractivity contribution >= 4 is 5.91 Å². The van der Waals surface area contributed by atoms with Crippen LogP contribution < -0.4 is 10.5 Å². The Morgan fingerprint density at radius 3 is 1.88 bits per heavy atom. The molecule has 0 fully saturated rings. The van der Waals surface area contributed by atoms with E-state index >= 15 is 0 Å². The molecule has 0 saturated heterocycles. The predicted molar refractivity (Wildman–Crippen MR) is 95.7 cm³/mol. The highest BCUT2D eigenvalue weighted by atomic mass is 16.7. The van der Waals surface area contributed by atoms with E-state index in [1.807, 2.05) is 12.1 Å². The van der Waals surface area contributed by atoms with Crippen molar-refractivity contribution in [2.45, 2.75) is 52.4 Å². The van der Waals surface area contributed by atoms with Gasteiger partial charge in [-0.2, -0.15) is 0 Å². The molecule has 0 bridgehead atoms. The highest BCUT2D eigenvalue weighted by molar-refractivity contribution is 5.93. The molecule has 1 amide bonds. The maximum absolute atomic E-state index is 11.7. The van der Waals surface area contributed by atoms with Crippen LogP contribution in [0, 0.1) is 0 Å². The molecule has 1 aromatic rings. The molecule has 0 aromatic heterocycles. The summed E-state index contributed by atoms with van der Waals surface area (Å²) in [6.45, 7) is 13.6. The molecule has 5 heteroatoms. The lowest BCUT2D eigenvalue weighted by molar-refractivity contribution is -0.00992. The molecule has 136 valence electrons. The Bertz CT molecular complexity index is 533. The molecule has 5 nitrogen and oxygen atoms in total. The minimum absolute atomic E-state index is 0.130. The first kappa shape index (κ1) is 20.5. The average Bonchev–Trinajstić information content (AvgIpc) is 2.44. The molecule has 1 aromatic carbocycles. The fourth-order valence-corrected chi connectivity index (χ4v) is 2.34. The summed E-state index contributed by atoms with van der Waals surface area (Å²) in [6.07, 6.45) is 0. The number of methoxy groups -OCH3 is 1. The Kier molecular flexibility index (Phi) is 6.81. The zero-order valence-electron chi connectivity index (χ0n) is 16.0. The van der Waals surface area contributed by atoms with Crippen LogP contribution in [0.25, 0.3) is 0 Å². The standard InChI is InChI=1S/C19H31NO4/c1-18(2,3)14-10-13(17(20)21)11-15(19(4,5)6)16(14)24-12-23-9-8-22-7/h10-11H,8-9,12H2,1-7H3,(H2,20,21). The molecule has 24 heavy (non-hydrogen) atoms. The molecular weight excluding hydrogens is 306 g/mol. The van der Waals surface area contributed by atoms with Crippen LogP contribution in [0.2, 0.25) is 0 Å². The maximum atomic E-state index is 11.7. The van der Waals surface area contributed by atoms with E-state index in [0.29, 0.717) is 18.8 Å². The van der Waals surface area contributed by atoms with E-state index in [1.165, 1.54) is 0 Å². The molecule has 0 aliphatic rings. The van der Waals surface area contributed by atoms with Gasteiger partial charge in [0.25, 0.3) is 0 Å². The highest BCUT2D eigenvalue weighted by Gasteiger charge is 2.28. The second kappa shape index (κ2) is 7.99.